The number of hydrogen-bond acceptors (Lipinski definition) is 7. The molecule has 1 heterocycles. The van der Waals surface area contributed by atoms with Crippen LogP contribution >= 0.6 is 0 Å². The lowest BCUT2D eigenvalue weighted by atomic mass is 9.87. The smallest absolute Gasteiger partial charge is 0.254 e. The van der Waals surface area contributed by atoms with E-state index in [1.807, 2.05) is 0 Å². The van der Waals surface area contributed by atoms with Crippen molar-refractivity contribution in [2.75, 3.05) is 23.7 Å². The Morgan fingerprint density at radius 3 is 2.50 bits per heavy atom. The molecule has 134 valence electrons. The molecule has 8 nitrogen and oxygen atoms in total. The molecule has 24 heavy (non-hydrogen) atoms. The van der Waals surface area contributed by atoms with E-state index in [0.717, 1.165) is 0 Å². The summed E-state index contributed by atoms with van der Waals surface area (Å²) in [4.78, 5) is 20.1. The number of hydrogen-bond donors (Lipinski definition) is 5. The minimum absolute atomic E-state index is 0.0645. The molecule has 8 N–H and O–H groups in total. The summed E-state index contributed by atoms with van der Waals surface area (Å²) in [6, 6.07) is -0.0111. The van der Waals surface area contributed by atoms with Crippen LogP contribution in [0.25, 0.3) is 0 Å². The Morgan fingerprint density at radius 1 is 1.29 bits per heavy atom. The second-order valence-electron chi connectivity index (χ2n) is 7.56. The van der Waals surface area contributed by atoms with Gasteiger partial charge in [-0.15, -0.1) is 0 Å². The number of amides is 1. The maximum atomic E-state index is 11.6. The first-order valence-electron chi connectivity index (χ1n) is 8.34. The minimum Gasteiger partial charge on any atom is -0.368 e. The number of carbonyl (C=O) groups excluding carboxylic acids is 1. The largest absolute Gasteiger partial charge is 0.368 e. The molecule has 1 aliphatic carbocycles. The molecule has 0 bridgehead atoms. The monoisotopic (exact) mass is 335 g/mol. The van der Waals surface area contributed by atoms with Gasteiger partial charge in [0.25, 0.3) is 5.91 Å². The van der Waals surface area contributed by atoms with Crippen molar-refractivity contribution in [3.05, 3.63) is 11.8 Å². The summed E-state index contributed by atoms with van der Waals surface area (Å²) in [7, 11) is 0. The van der Waals surface area contributed by atoms with Crippen LogP contribution in [0.2, 0.25) is 0 Å². The summed E-state index contributed by atoms with van der Waals surface area (Å²) in [5, 5.41) is 6.24. The lowest BCUT2D eigenvalue weighted by molar-refractivity contribution is 0.100. The molecular weight excluding hydrogens is 306 g/mol. The van der Waals surface area contributed by atoms with Gasteiger partial charge in [0, 0.05) is 31.4 Å². The van der Waals surface area contributed by atoms with Gasteiger partial charge in [-0.1, -0.05) is 20.8 Å². The standard InChI is InChI=1S/C16H29N7O/c1-16(2,3)12(18)8-20-14-10(13(19)24)6-21-15(23-14)22-7-11(17)9-4-5-9/h6,9,11-12H,4-5,7-8,17-18H2,1-3H3,(H2,19,24)(H2,20,21,22,23). The molecule has 1 saturated carbocycles. The first-order chi connectivity index (χ1) is 11.2. The highest BCUT2D eigenvalue weighted by Gasteiger charge is 2.28. The number of nitrogens with zero attached hydrogens (tertiary/aromatic N) is 2. The molecular formula is C16H29N7O. The molecule has 8 heteroatoms. The predicted molar refractivity (Wildman–Crippen MR) is 95.7 cm³/mol. The third-order valence-corrected chi connectivity index (χ3v) is 4.38. The number of rotatable bonds is 8. The molecule has 0 spiro atoms. The highest BCUT2D eigenvalue weighted by atomic mass is 16.1. The molecule has 0 aromatic carbocycles. The summed E-state index contributed by atoms with van der Waals surface area (Å²) < 4.78 is 0. The van der Waals surface area contributed by atoms with Crippen molar-refractivity contribution in [2.24, 2.45) is 28.5 Å². The molecule has 1 fully saturated rings. The Balaban J connectivity index is 2.04. The summed E-state index contributed by atoms with van der Waals surface area (Å²) >= 11 is 0. The third kappa shape index (κ3) is 5.04. The zero-order valence-electron chi connectivity index (χ0n) is 14.7. The van der Waals surface area contributed by atoms with E-state index in [4.69, 9.17) is 17.2 Å². The van der Waals surface area contributed by atoms with E-state index in [1.54, 1.807) is 0 Å². The van der Waals surface area contributed by atoms with Crippen molar-refractivity contribution < 1.29 is 4.79 Å². The van der Waals surface area contributed by atoms with Crippen LogP contribution in [-0.4, -0.2) is 41.0 Å². The van der Waals surface area contributed by atoms with Crippen molar-refractivity contribution in [3.8, 4) is 0 Å². The normalized spacial score (nSPS) is 17.2. The number of nitrogens with two attached hydrogens (primary N) is 3. The topological polar surface area (TPSA) is 145 Å². The lowest BCUT2D eigenvalue weighted by Gasteiger charge is -2.27. The van der Waals surface area contributed by atoms with Crippen LogP contribution in [0, 0.1) is 11.3 Å². The Labute approximate surface area is 143 Å². The molecule has 2 unspecified atom stereocenters. The van der Waals surface area contributed by atoms with Crippen molar-refractivity contribution in [1.29, 1.82) is 0 Å². The second-order valence-corrected chi connectivity index (χ2v) is 7.56. The summed E-state index contributed by atoms with van der Waals surface area (Å²) in [6.07, 6.45) is 3.79. The van der Waals surface area contributed by atoms with Gasteiger partial charge in [0.15, 0.2) is 0 Å². The van der Waals surface area contributed by atoms with Gasteiger partial charge in [0.05, 0.1) is 5.56 Å². The quantitative estimate of drug-likeness (QED) is 0.465. The van der Waals surface area contributed by atoms with Gasteiger partial charge in [0.1, 0.15) is 5.82 Å². The molecule has 2 rings (SSSR count). The van der Waals surface area contributed by atoms with Gasteiger partial charge < -0.3 is 27.8 Å². The summed E-state index contributed by atoms with van der Waals surface area (Å²) in [5.41, 5.74) is 17.8. The number of carbonyl (C=O) groups is 1. The molecule has 0 radical (unpaired) electrons. The van der Waals surface area contributed by atoms with E-state index in [9.17, 15) is 4.79 Å². The molecule has 1 aliphatic rings. The lowest BCUT2D eigenvalue weighted by Crippen LogP contribution is -2.41. The van der Waals surface area contributed by atoms with E-state index < -0.39 is 5.91 Å². The predicted octanol–water partition coefficient (Wildman–Crippen LogP) is 0.510. The molecule has 0 aliphatic heterocycles. The van der Waals surface area contributed by atoms with E-state index in [2.05, 4.69) is 41.4 Å². The van der Waals surface area contributed by atoms with Crippen molar-refractivity contribution in [3.63, 3.8) is 0 Å². The maximum absolute atomic E-state index is 11.6. The van der Waals surface area contributed by atoms with E-state index in [0.29, 0.717) is 30.8 Å². The number of nitrogens with one attached hydrogen (secondary N) is 2. The zero-order chi connectivity index (χ0) is 17.9. The van der Waals surface area contributed by atoms with Crippen molar-refractivity contribution in [1.82, 2.24) is 9.97 Å². The van der Waals surface area contributed by atoms with Gasteiger partial charge >= 0.3 is 0 Å². The average molecular weight is 335 g/mol. The first kappa shape index (κ1) is 18.4. The Hall–Kier alpha value is -1.93. The molecule has 1 aromatic rings. The van der Waals surface area contributed by atoms with E-state index in [1.165, 1.54) is 19.0 Å². The number of aromatic nitrogens is 2. The highest BCUT2D eigenvalue weighted by molar-refractivity contribution is 5.97. The molecule has 1 aromatic heterocycles. The molecule has 0 saturated heterocycles. The first-order valence-corrected chi connectivity index (χ1v) is 8.34. The van der Waals surface area contributed by atoms with Crippen molar-refractivity contribution in [2.45, 2.75) is 45.7 Å². The Bertz CT molecular complexity index is 580. The van der Waals surface area contributed by atoms with Gasteiger partial charge in [-0.2, -0.15) is 4.98 Å². The Kier molecular flexibility index (Phi) is 5.61. The minimum atomic E-state index is -0.580. The summed E-state index contributed by atoms with van der Waals surface area (Å²) in [6.45, 7) is 7.24. The van der Waals surface area contributed by atoms with E-state index in [-0.39, 0.29) is 23.1 Å². The molecule has 1 amide bonds. The van der Waals surface area contributed by atoms with Crippen LogP contribution in [0.3, 0.4) is 0 Å². The SMILES string of the molecule is CC(C)(C)C(N)CNc1nc(NCC(N)C2CC2)ncc1C(N)=O. The van der Waals surface area contributed by atoms with Crippen LogP contribution in [-0.2, 0) is 0 Å². The van der Waals surface area contributed by atoms with Crippen LogP contribution in [0.15, 0.2) is 6.20 Å². The van der Waals surface area contributed by atoms with Gasteiger partial charge in [0.2, 0.25) is 5.95 Å². The highest BCUT2D eigenvalue weighted by Crippen LogP contribution is 2.31. The number of anilines is 2. The number of primary amides is 1. The van der Waals surface area contributed by atoms with Crippen LogP contribution in [0.4, 0.5) is 11.8 Å². The summed E-state index contributed by atoms with van der Waals surface area (Å²) in [5.74, 6) is 0.815. The third-order valence-electron chi connectivity index (χ3n) is 4.38. The maximum Gasteiger partial charge on any atom is 0.254 e. The fourth-order valence-electron chi connectivity index (χ4n) is 2.20. The van der Waals surface area contributed by atoms with Crippen LogP contribution in [0.1, 0.15) is 44.0 Å². The second kappa shape index (κ2) is 7.31. The zero-order valence-corrected chi connectivity index (χ0v) is 14.7. The average Bonchev–Trinajstić information content (AvgIpc) is 3.33. The van der Waals surface area contributed by atoms with Crippen LogP contribution < -0.4 is 27.8 Å². The van der Waals surface area contributed by atoms with Gasteiger partial charge in [-0.3, -0.25) is 4.79 Å². The van der Waals surface area contributed by atoms with Crippen molar-refractivity contribution >= 4 is 17.7 Å². The fourth-order valence-corrected chi connectivity index (χ4v) is 2.20. The van der Waals surface area contributed by atoms with E-state index >= 15 is 0 Å². The van der Waals surface area contributed by atoms with Crippen LogP contribution in [0.5, 0.6) is 0 Å². The van der Waals surface area contributed by atoms with Gasteiger partial charge in [-0.25, -0.2) is 4.98 Å². The fraction of sp³-hybridized carbons (Fsp3) is 0.688. The van der Waals surface area contributed by atoms with Gasteiger partial charge in [-0.05, 0) is 24.2 Å². The Morgan fingerprint density at radius 2 is 1.96 bits per heavy atom. The molecule has 2 atom stereocenters.